The van der Waals surface area contributed by atoms with E-state index in [-0.39, 0.29) is 21.9 Å². The number of hydrogen-bond donors (Lipinski definition) is 2. The second-order valence-electron chi connectivity index (χ2n) is 11.1. The molecule has 0 aliphatic heterocycles. The summed E-state index contributed by atoms with van der Waals surface area (Å²) in [4.78, 5) is 37.0. The van der Waals surface area contributed by atoms with E-state index in [1.165, 1.54) is 43.9 Å². The van der Waals surface area contributed by atoms with Crippen molar-refractivity contribution in [1.82, 2.24) is 15.0 Å². The number of aromatic nitrogens is 3. The standard InChI is InChI=1S/C27H32N4O2/c1-15-13-27(15)8-5-16(6-9-27)17-11-22(26(2,3)4)30-14-18(17)20-12-21(32)23-19(31-20)7-10-29-24(23)25(28)33/h7,10-12,14-16H,5-6,8-9,13H2,1-4H3,(H2,28,33)(H,31,32)/t15-,16?,27?/m1/s1. The minimum atomic E-state index is -0.707. The van der Waals surface area contributed by atoms with Crippen molar-refractivity contribution in [2.45, 2.75) is 71.1 Å². The zero-order chi connectivity index (χ0) is 23.5. The van der Waals surface area contributed by atoms with Crippen molar-refractivity contribution in [2.75, 3.05) is 0 Å². The first-order valence-electron chi connectivity index (χ1n) is 11.9. The molecule has 2 aliphatic carbocycles. The number of carbonyl (C=O) groups excluding carboxylic acids is 1. The highest BCUT2D eigenvalue weighted by atomic mass is 16.1. The van der Waals surface area contributed by atoms with Gasteiger partial charge in [0.05, 0.1) is 16.6 Å². The average molecular weight is 445 g/mol. The molecule has 0 unspecified atom stereocenters. The summed E-state index contributed by atoms with van der Waals surface area (Å²) >= 11 is 0. The fraction of sp³-hybridized carbons (Fsp3) is 0.481. The minimum absolute atomic E-state index is 0.00198. The van der Waals surface area contributed by atoms with Crippen molar-refractivity contribution in [3.8, 4) is 11.3 Å². The van der Waals surface area contributed by atoms with Gasteiger partial charge in [-0.3, -0.25) is 19.6 Å². The number of fused-ring (bicyclic) bond motifs is 1. The van der Waals surface area contributed by atoms with Gasteiger partial charge in [0.25, 0.3) is 5.91 Å². The lowest BCUT2D eigenvalue weighted by Crippen LogP contribution is -2.19. The van der Waals surface area contributed by atoms with Gasteiger partial charge in [0.15, 0.2) is 5.43 Å². The molecule has 0 aromatic carbocycles. The van der Waals surface area contributed by atoms with Crippen LogP contribution in [0.4, 0.5) is 0 Å². The van der Waals surface area contributed by atoms with E-state index in [2.05, 4.69) is 43.7 Å². The molecule has 33 heavy (non-hydrogen) atoms. The second kappa shape index (κ2) is 7.51. The number of hydrogen-bond acceptors (Lipinski definition) is 4. The molecule has 3 aromatic heterocycles. The lowest BCUT2D eigenvalue weighted by atomic mass is 9.74. The van der Waals surface area contributed by atoms with E-state index < -0.39 is 5.91 Å². The quantitative estimate of drug-likeness (QED) is 0.589. The van der Waals surface area contributed by atoms with Gasteiger partial charge in [0.1, 0.15) is 5.69 Å². The molecule has 3 aromatic rings. The van der Waals surface area contributed by atoms with E-state index in [9.17, 15) is 9.59 Å². The molecule has 5 rings (SSSR count). The van der Waals surface area contributed by atoms with Gasteiger partial charge in [0, 0.05) is 35.1 Å². The molecule has 2 aliphatic rings. The molecular weight excluding hydrogens is 412 g/mol. The van der Waals surface area contributed by atoms with Crippen LogP contribution in [0.15, 0.2) is 35.4 Å². The Morgan fingerprint density at radius 3 is 2.48 bits per heavy atom. The van der Waals surface area contributed by atoms with E-state index in [0.717, 1.165) is 22.9 Å². The lowest BCUT2D eigenvalue weighted by Gasteiger charge is -2.31. The third-order valence-corrected chi connectivity index (χ3v) is 7.99. The van der Waals surface area contributed by atoms with Crippen LogP contribution in [-0.2, 0) is 5.41 Å². The monoisotopic (exact) mass is 444 g/mol. The van der Waals surface area contributed by atoms with Crippen molar-refractivity contribution in [2.24, 2.45) is 17.1 Å². The maximum Gasteiger partial charge on any atom is 0.268 e. The Balaban J connectivity index is 1.63. The number of H-pyrrole nitrogens is 1. The van der Waals surface area contributed by atoms with Gasteiger partial charge in [0.2, 0.25) is 0 Å². The highest BCUT2D eigenvalue weighted by molar-refractivity contribution is 6.03. The third-order valence-electron chi connectivity index (χ3n) is 7.99. The maximum atomic E-state index is 13.1. The number of pyridine rings is 3. The smallest absolute Gasteiger partial charge is 0.268 e. The third kappa shape index (κ3) is 3.75. The zero-order valence-corrected chi connectivity index (χ0v) is 19.9. The summed E-state index contributed by atoms with van der Waals surface area (Å²) in [6.07, 6.45) is 9.65. The van der Waals surface area contributed by atoms with Crippen LogP contribution in [0.1, 0.15) is 87.5 Å². The Morgan fingerprint density at radius 1 is 1.18 bits per heavy atom. The van der Waals surface area contributed by atoms with Crippen molar-refractivity contribution >= 4 is 16.8 Å². The summed E-state index contributed by atoms with van der Waals surface area (Å²) in [5.41, 5.74) is 10.3. The first-order chi connectivity index (χ1) is 15.6. The molecule has 0 saturated heterocycles. The number of nitrogens with zero attached hydrogens (tertiary/aromatic N) is 2. The largest absolute Gasteiger partial charge is 0.364 e. The van der Waals surface area contributed by atoms with Crippen LogP contribution in [0.5, 0.6) is 0 Å². The number of nitrogens with one attached hydrogen (secondary N) is 1. The van der Waals surface area contributed by atoms with Gasteiger partial charge in [-0.2, -0.15) is 0 Å². The van der Waals surface area contributed by atoms with E-state index in [0.29, 0.717) is 16.8 Å². The molecule has 172 valence electrons. The maximum absolute atomic E-state index is 13.1. The number of carbonyl (C=O) groups is 1. The average Bonchev–Trinajstić information content (AvgIpc) is 3.40. The highest BCUT2D eigenvalue weighted by Crippen LogP contribution is 2.63. The predicted octanol–water partition coefficient (Wildman–Crippen LogP) is 5.07. The van der Waals surface area contributed by atoms with Gasteiger partial charge in [-0.25, -0.2) is 0 Å². The molecule has 6 nitrogen and oxygen atoms in total. The molecule has 2 saturated carbocycles. The fourth-order valence-electron chi connectivity index (χ4n) is 5.73. The van der Waals surface area contributed by atoms with E-state index in [1.54, 1.807) is 12.1 Å². The van der Waals surface area contributed by atoms with Crippen LogP contribution in [-0.4, -0.2) is 20.9 Å². The van der Waals surface area contributed by atoms with Crippen LogP contribution in [0.3, 0.4) is 0 Å². The summed E-state index contributed by atoms with van der Waals surface area (Å²) in [5, 5.41) is 0.233. The van der Waals surface area contributed by atoms with Gasteiger partial charge in [-0.15, -0.1) is 0 Å². The lowest BCUT2D eigenvalue weighted by molar-refractivity contribution is 0.0997. The molecule has 6 heteroatoms. The Labute approximate surface area is 194 Å². The van der Waals surface area contributed by atoms with Crippen LogP contribution in [0.2, 0.25) is 0 Å². The van der Waals surface area contributed by atoms with Crippen LogP contribution in [0, 0.1) is 11.3 Å². The Kier molecular flexibility index (Phi) is 4.96. The number of amides is 1. The zero-order valence-electron chi connectivity index (χ0n) is 19.9. The van der Waals surface area contributed by atoms with Crippen LogP contribution in [0.25, 0.3) is 22.2 Å². The summed E-state index contributed by atoms with van der Waals surface area (Å²) in [6.45, 7) is 8.91. The molecule has 0 bridgehead atoms. The minimum Gasteiger partial charge on any atom is -0.364 e. The summed E-state index contributed by atoms with van der Waals surface area (Å²) < 4.78 is 0. The molecule has 2 fully saturated rings. The van der Waals surface area contributed by atoms with E-state index in [1.807, 2.05) is 6.20 Å². The summed E-state index contributed by atoms with van der Waals surface area (Å²) in [6, 6.07) is 5.52. The first-order valence-corrected chi connectivity index (χ1v) is 11.9. The van der Waals surface area contributed by atoms with Crippen molar-refractivity contribution in [1.29, 1.82) is 0 Å². The molecule has 0 radical (unpaired) electrons. The van der Waals surface area contributed by atoms with Gasteiger partial charge in [-0.1, -0.05) is 27.7 Å². The molecule has 3 heterocycles. The highest BCUT2D eigenvalue weighted by Gasteiger charge is 2.52. The molecule has 3 N–H and O–H groups in total. The predicted molar refractivity (Wildman–Crippen MR) is 130 cm³/mol. The molecule has 1 atom stereocenters. The van der Waals surface area contributed by atoms with E-state index in [4.69, 9.17) is 10.7 Å². The van der Waals surface area contributed by atoms with Crippen LogP contribution >= 0.6 is 0 Å². The van der Waals surface area contributed by atoms with Crippen molar-refractivity contribution in [3.05, 3.63) is 57.8 Å². The molecule has 1 spiro atoms. The topological polar surface area (TPSA) is 102 Å². The summed E-state index contributed by atoms with van der Waals surface area (Å²) in [7, 11) is 0. The normalized spacial score (nSPS) is 24.8. The Bertz CT molecular complexity index is 1310. The van der Waals surface area contributed by atoms with Crippen molar-refractivity contribution < 1.29 is 4.79 Å². The first kappa shape index (κ1) is 21.8. The number of primary amides is 1. The SMILES string of the molecule is C[C@@H]1CC12CCC(c1cc(C(C)(C)C)ncc1-c1cc(=O)c3c(C(N)=O)nccc3[nH]1)CC2. The van der Waals surface area contributed by atoms with Crippen molar-refractivity contribution in [3.63, 3.8) is 0 Å². The molecule has 1 amide bonds. The molecular formula is C27H32N4O2. The van der Waals surface area contributed by atoms with Gasteiger partial charge < -0.3 is 10.7 Å². The number of aromatic amines is 1. The van der Waals surface area contributed by atoms with Crippen LogP contribution < -0.4 is 11.2 Å². The fourth-order valence-corrected chi connectivity index (χ4v) is 5.73. The summed E-state index contributed by atoms with van der Waals surface area (Å²) in [5.74, 6) is 0.590. The Morgan fingerprint density at radius 2 is 1.88 bits per heavy atom. The Hall–Kier alpha value is -3.02. The number of nitrogens with two attached hydrogens (primary N) is 1. The van der Waals surface area contributed by atoms with Gasteiger partial charge >= 0.3 is 0 Å². The number of rotatable bonds is 3. The second-order valence-corrected chi connectivity index (χ2v) is 11.1. The van der Waals surface area contributed by atoms with E-state index >= 15 is 0 Å². The van der Waals surface area contributed by atoms with Gasteiger partial charge in [-0.05, 0) is 67.1 Å².